The quantitative estimate of drug-likeness (QED) is 0.822. The molecule has 0 fully saturated rings. The summed E-state index contributed by atoms with van der Waals surface area (Å²) in [5.74, 6) is -2.02. The van der Waals surface area contributed by atoms with Crippen LogP contribution >= 0.6 is 11.6 Å². The average molecular weight is 250 g/mol. The first kappa shape index (κ1) is 12.7. The predicted octanol–water partition coefficient (Wildman–Crippen LogP) is 3.42. The monoisotopic (exact) mass is 249 g/mol. The van der Waals surface area contributed by atoms with Crippen molar-refractivity contribution in [3.8, 4) is 11.8 Å². The Morgan fingerprint density at radius 1 is 1.38 bits per heavy atom. The number of benzene rings is 1. The van der Waals surface area contributed by atoms with Crippen LogP contribution in [0.5, 0.6) is 5.75 Å². The first-order valence-electron chi connectivity index (χ1n) is 4.29. The maximum absolute atomic E-state index is 12.2. The Morgan fingerprint density at radius 2 is 2.00 bits per heavy atom. The van der Waals surface area contributed by atoms with E-state index in [1.165, 1.54) is 12.1 Å². The van der Waals surface area contributed by atoms with Gasteiger partial charge in [0.2, 0.25) is 0 Å². The van der Waals surface area contributed by atoms with E-state index in [1.807, 2.05) is 0 Å². The van der Waals surface area contributed by atoms with Crippen molar-refractivity contribution >= 4 is 11.6 Å². The molecule has 0 aliphatic heterocycles. The largest absolute Gasteiger partial charge is 0.490 e. The summed E-state index contributed by atoms with van der Waals surface area (Å²) >= 11 is 5.68. The van der Waals surface area contributed by atoms with Crippen molar-refractivity contribution in [3.05, 3.63) is 29.3 Å². The lowest BCUT2D eigenvalue weighted by Crippen LogP contribution is -2.27. The molecule has 1 rings (SSSR count). The highest BCUT2D eigenvalue weighted by atomic mass is 35.5. The number of rotatable bonds is 3. The fourth-order valence-corrected chi connectivity index (χ4v) is 1.13. The molecule has 0 amide bonds. The van der Waals surface area contributed by atoms with Gasteiger partial charge in [0.1, 0.15) is 12.4 Å². The highest BCUT2D eigenvalue weighted by molar-refractivity contribution is 6.32. The Kier molecular flexibility index (Phi) is 4.02. The van der Waals surface area contributed by atoms with Gasteiger partial charge in [0.05, 0.1) is 11.1 Å². The molecule has 0 spiro atoms. The lowest BCUT2D eigenvalue weighted by atomic mass is 10.2. The van der Waals surface area contributed by atoms with Crippen LogP contribution in [0.3, 0.4) is 0 Å². The number of nitriles is 1. The number of halogens is 4. The number of ether oxygens (including phenoxy) is 1. The van der Waals surface area contributed by atoms with E-state index in [9.17, 15) is 13.2 Å². The van der Waals surface area contributed by atoms with Crippen LogP contribution in [0.25, 0.3) is 0 Å². The topological polar surface area (TPSA) is 33.0 Å². The molecule has 0 aliphatic rings. The van der Waals surface area contributed by atoms with Crippen LogP contribution < -0.4 is 4.74 Å². The van der Waals surface area contributed by atoms with Gasteiger partial charge in [-0.1, -0.05) is 23.7 Å². The van der Waals surface area contributed by atoms with Crippen LogP contribution in [-0.2, 0) is 0 Å². The van der Waals surface area contributed by atoms with E-state index >= 15 is 0 Å². The minimum absolute atomic E-state index is 0.133. The van der Waals surface area contributed by atoms with Crippen molar-refractivity contribution in [3.63, 3.8) is 0 Å². The van der Waals surface area contributed by atoms with E-state index in [0.717, 1.165) is 6.07 Å². The second-order valence-electron chi connectivity index (χ2n) is 2.96. The second-order valence-corrected chi connectivity index (χ2v) is 3.37. The van der Waals surface area contributed by atoms with Gasteiger partial charge in [0, 0.05) is 0 Å². The molecule has 6 heteroatoms. The third-order valence-corrected chi connectivity index (χ3v) is 2.11. The van der Waals surface area contributed by atoms with Crippen LogP contribution in [-0.4, -0.2) is 12.8 Å². The maximum atomic E-state index is 12.2. The third-order valence-electron chi connectivity index (χ3n) is 1.79. The van der Waals surface area contributed by atoms with Gasteiger partial charge in [-0.15, -0.1) is 0 Å². The maximum Gasteiger partial charge on any atom is 0.407 e. The van der Waals surface area contributed by atoms with Gasteiger partial charge in [-0.2, -0.15) is 18.4 Å². The molecule has 0 heterocycles. The van der Waals surface area contributed by atoms with Crippen molar-refractivity contribution in [2.75, 3.05) is 6.61 Å². The summed E-state index contributed by atoms with van der Waals surface area (Å²) in [5.41, 5.74) is 0. The summed E-state index contributed by atoms with van der Waals surface area (Å²) in [6.45, 7) is -0.760. The molecule has 0 N–H and O–H groups in total. The zero-order valence-corrected chi connectivity index (χ0v) is 8.72. The van der Waals surface area contributed by atoms with Crippen LogP contribution in [0.2, 0.25) is 5.02 Å². The lowest BCUT2D eigenvalue weighted by molar-refractivity contribution is -0.165. The van der Waals surface area contributed by atoms with Crippen molar-refractivity contribution in [1.82, 2.24) is 0 Å². The molecule has 2 nitrogen and oxygen atoms in total. The molecule has 1 aromatic rings. The van der Waals surface area contributed by atoms with Crippen LogP contribution in [0.4, 0.5) is 13.2 Å². The second kappa shape index (κ2) is 5.08. The number of hydrogen-bond donors (Lipinski definition) is 0. The van der Waals surface area contributed by atoms with Crippen LogP contribution in [0, 0.1) is 17.2 Å². The standard InChI is InChI=1S/C10H7ClF3NO/c11-8-3-1-2-4-9(8)16-6-7(5-15)10(12,13)14/h1-4,7H,6H2. The van der Waals surface area contributed by atoms with Crippen LogP contribution in [0.15, 0.2) is 24.3 Å². The summed E-state index contributed by atoms with van der Waals surface area (Å²) in [5, 5.41) is 8.54. The summed E-state index contributed by atoms with van der Waals surface area (Å²) in [7, 11) is 0. The zero-order valence-electron chi connectivity index (χ0n) is 7.96. The smallest absolute Gasteiger partial charge is 0.407 e. The molecule has 0 saturated heterocycles. The van der Waals surface area contributed by atoms with Gasteiger partial charge in [-0.3, -0.25) is 0 Å². The average Bonchev–Trinajstić information content (AvgIpc) is 2.19. The first-order valence-corrected chi connectivity index (χ1v) is 4.66. The summed E-state index contributed by atoms with van der Waals surface area (Å²) < 4.78 is 41.4. The van der Waals surface area contributed by atoms with Crippen molar-refractivity contribution in [2.24, 2.45) is 5.92 Å². The Hall–Kier alpha value is -1.41. The number of nitrogens with zero attached hydrogens (tertiary/aromatic N) is 1. The van der Waals surface area contributed by atoms with Gasteiger partial charge in [-0.05, 0) is 12.1 Å². The van der Waals surface area contributed by atoms with Crippen molar-refractivity contribution in [2.45, 2.75) is 6.18 Å². The number of alkyl halides is 3. The summed E-state index contributed by atoms with van der Waals surface area (Å²) in [6, 6.07) is 7.27. The molecule has 1 atom stereocenters. The minimum atomic E-state index is -4.59. The van der Waals surface area contributed by atoms with E-state index in [2.05, 4.69) is 0 Å². The van der Waals surface area contributed by atoms with E-state index < -0.39 is 18.7 Å². The molecule has 16 heavy (non-hydrogen) atoms. The van der Waals surface area contributed by atoms with E-state index in [1.54, 1.807) is 12.1 Å². The summed E-state index contributed by atoms with van der Waals surface area (Å²) in [6.07, 6.45) is -4.59. The Morgan fingerprint density at radius 3 is 2.50 bits per heavy atom. The fraction of sp³-hybridized carbons (Fsp3) is 0.300. The molecule has 1 aromatic carbocycles. The van der Waals surface area contributed by atoms with Gasteiger partial charge in [0.25, 0.3) is 0 Å². The third kappa shape index (κ3) is 3.31. The zero-order chi connectivity index (χ0) is 12.2. The molecular formula is C10H7ClF3NO. The fourth-order valence-electron chi connectivity index (χ4n) is 0.940. The lowest BCUT2D eigenvalue weighted by Gasteiger charge is -2.14. The highest BCUT2D eigenvalue weighted by Gasteiger charge is 2.40. The molecular weight excluding hydrogens is 243 g/mol. The Bertz CT molecular complexity index is 400. The molecule has 0 saturated carbocycles. The Balaban J connectivity index is 2.65. The van der Waals surface area contributed by atoms with Gasteiger partial charge >= 0.3 is 6.18 Å². The van der Waals surface area contributed by atoms with Crippen molar-refractivity contribution in [1.29, 1.82) is 5.26 Å². The van der Waals surface area contributed by atoms with Gasteiger partial charge in [-0.25, -0.2) is 0 Å². The van der Waals surface area contributed by atoms with Gasteiger partial charge in [0.15, 0.2) is 5.92 Å². The minimum Gasteiger partial charge on any atom is -0.490 e. The Labute approximate surface area is 95.2 Å². The SMILES string of the molecule is N#CC(COc1ccccc1Cl)C(F)(F)F. The predicted molar refractivity (Wildman–Crippen MR) is 52.1 cm³/mol. The van der Waals surface area contributed by atoms with E-state index in [0.29, 0.717) is 0 Å². The van der Waals surface area contributed by atoms with Crippen LogP contribution in [0.1, 0.15) is 0 Å². The highest BCUT2D eigenvalue weighted by Crippen LogP contribution is 2.28. The summed E-state index contributed by atoms with van der Waals surface area (Å²) in [4.78, 5) is 0. The molecule has 0 radical (unpaired) electrons. The molecule has 1 unspecified atom stereocenters. The van der Waals surface area contributed by atoms with Crippen molar-refractivity contribution < 1.29 is 17.9 Å². The molecule has 0 bridgehead atoms. The molecule has 0 aromatic heterocycles. The molecule has 86 valence electrons. The number of hydrogen-bond acceptors (Lipinski definition) is 2. The van der Waals surface area contributed by atoms with E-state index in [-0.39, 0.29) is 10.8 Å². The van der Waals surface area contributed by atoms with Gasteiger partial charge < -0.3 is 4.74 Å². The normalized spacial score (nSPS) is 12.9. The first-order chi connectivity index (χ1) is 7.45. The van der Waals surface area contributed by atoms with E-state index in [4.69, 9.17) is 21.6 Å². The number of para-hydroxylation sites is 1. The molecule has 0 aliphatic carbocycles.